The maximum Gasteiger partial charge on any atom is 0.135 e. The van der Waals surface area contributed by atoms with Gasteiger partial charge in [-0.3, -0.25) is 0 Å². The zero-order valence-electron chi connectivity index (χ0n) is 26.2. The molecule has 45 heavy (non-hydrogen) atoms. The van der Waals surface area contributed by atoms with E-state index >= 15 is 0 Å². The molecule has 6 unspecified atom stereocenters. The highest BCUT2D eigenvalue weighted by Crippen LogP contribution is 2.60. The standard InChI is InChI=1S/C37H36N4S4/c1-7-19-10-22(16(2)3)18(6)24-12-28-29(13-25(19)24)39-33-32(38-28)42-36(43-33)37-44-34-35(45-37)41-31-15-27-21-9-8-20(11-23(21)17(4)5)26(27)14-30(31)40-34/h7-9,12-23H,1,10-11H2,2-6H3/b37-36-. The zero-order valence-corrected chi connectivity index (χ0v) is 29.5. The largest absolute Gasteiger partial charge is 0.237 e. The van der Waals surface area contributed by atoms with E-state index in [1.54, 1.807) is 47.0 Å². The van der Waals surface area contributed by atoms with Gasteiger partial charge in [0.25, 0.3) is 0 Å². The third kappa shape index (κ3) is 4.52. The predicted molar refractivity (Wildman–Crippen MR) is 191 cm³/mol. The van der Waals surface area contributed by atoms with E-state index in [1.807, 2.05) is 0 Å². The van der Waals surface area contributed by atoms with Crippen LogP contribution in [0.2, 0.25) is 0 Å². The quantitative estimate of drug-likeness (QED) is 0.201. The smallest absolute Gasteiger partial charge is 0.135 e. The second-order valence-corrected chi connectivity index (χ2v) is 18.5. The Morgan fingerprint density at radius 2 is 1.13 bits per heavy atom. The van der Waals surface area contributed by atoms with Crippen molar-refractivity contribution < 1.29 is 0 Å². The normalized spacial score (nSPS) is 29.5. The van der Waals surface area contributed by atoms with Crippen LogP contribution in [0.3, 0.4) is 0 Å². The lowest BCUT2D eigenvalue weighted by atomic mass is 9.62. The van der Waals surface area contributed by atoms with Crippen molar-refractivity contribution in [3.05, 3.63) is 79.8 Å². The van der Waals surface area contributed by atoms with E-state index in [4.69, 9.17) is 19.9 Å². The van der Waals surface area contributed by atoms with Crippen LogP contribution in [-0.2, 0) is 0 Å². The fourth-order valence-corrected chi connectivity index (χ4v) is 13.4. The number of hydrogen-bond acceptors (Lipinski definition) is 8. The van der Waals surface area contributed by atoms with E-state index in [0.717, 1.165) is 48.6 Å². The van der Waals surface area contributed by atoms with E-state index in [1.165, 1.54) is 37.1 Å². The van der Waals surface area contributed by atoms with Crippen LogP contribution in [0.5, 0.6) is 0 Å². The molecule has 0 saturated carbocycles. The summed E-state index contributed by atoms with van der Waals surface area (Å²) in [5, 5.41) is 4.06. The van der Waals surface area contributed by atoms with Gasteiger partial charge in [-0.1, -0.05) is 99.9 Å². The van der Waals surface area contributed by atoms with Gasteiger partial charge in [0.1, 0.15) is 20.1 Å². The maximum atomic E-state index is 5.18. The monoisotopic (exact) mass is 664 g/mol. The molecule has 0 amide bonds. The van der Waals surface area contributed by atoms with Gasteiger partial charge in [-0.25, -0.2) is 19.9 Å². The minimum atomic E-state index is 0.372. The van der Waals surface area contributed by atoms with E-state index in [9.17, 15) is 0 Å². The van der Waals surface area contributed by atoms with Gasteiger partial charge in [0, 0.05) is 17.8 Å². The number of nitrogens with zero attached hydrogens (tertiary/aromatic N) is 4. The van der Waals surface area contributed by atoms with Crippen LogP contribution in [0, 0.1) is 23.7 Å². The maximum absolute atomic E-state index is 5.18. The van der Waals surface area contributed by atoms with Crippen LogP contribution in [0.15, 0.2) is 77.7 Å². The van der Waals surface area contributed by atoms with Gasteiger partial charge >= 0.3 is 0 Å². The zero-order chi connectivity index (χ0) is 30.7. The summed E-state index contributed by atoms with van der Waals surface area (Å²) >= 11 is 7.01. The van der Waals surface area contributed by atoms with Crippen LogP contribution >= 0.6 is 47.0 Å². The average molecular weight is 665 g/mol. The fourth-order valence-electron chi connectivity index (χ4n) is 8.45. The molecule has 0 spiro atoms. The summed E-state index contributed by atoms with van der Waals surface area (Å²) in [6, 6.07) is 9.30. The van der Waals surface area contributed by atoms with Gasteiger partial charge in [-0.15, -0.1) is 6.58 Å². The van der Waals surface area contributed by atoms with Crippen molar-refractivity contribution >= 4 is 69.1 Å². The Kier molecular flexibility index (Phi) is 6.83. The lowest BCUT2D eigenvalue weighted by Gasteiger charge is -2.42. The molecule has 228 valence electrons. The van der Waals surface area contributed by atoms with Crippen LogP contribution in [0.1, 0.15) is 93.4 Å². The number of fused-ring (bicyclic) bond motifs is 6. The molecule has 8 heteroatoms. The molecule has 0 N–H and O–H groups in total. The van der Waals surface area contributed by atoms with Crippen LogP contribution in [0.25, 0.3) is 22.1 Å². The summed E-state index contributed by atoms with van der Waals surface area (Å²) in [5.74, 6) is 4.55. The van der Waals surface area contributed by atoms with E-state index in [0.29, 0.717) is 47.3 Å². The molecule has 10 rings (SSSR count). The Labute approximate surface area is 282 Å². The molecule has 4 aliphatic carbocycles. The van der Waals surface area contributed by atoms with Crippen molar-refractivity contribution in [1.82, 2.24) is 19.9 Å². The number of hydrogen-bond donors (Lipinski definition) is 0. The van der Waals surface area contributed by atoms with Gasteiger partial charge in [-0.2, -0.15) is 0 Å². The molecule has 2 aromatic heterocycles. The molecule has 6 aliphatic rings. The first kappa shape index (κ1) is 28.9. The van der Waals surface area contributed by atoms with E-state index < -0.39 is 0 Å². The van der Waals surface area contributed by atoms with Crippen LogP contribution < -0.4 is 0 Å². The molecular weight excluding hydrogens is 629 g/mol. The number of thioether (sulfide) groups is 4. The molecule has 4 aromatic rings. The first-order valence-electron chi connectivity index (χ1n) is 16.2. The minimum absolute atomic E-state index is 0.372. The van der Waals surface area contributed by atoms with Gasteiger partial charge in [0.05, 0.1) is 30.5 Å². The Balaban J connectivity index is 1.04. The van der Waals surface area contributed by atoms with Crippen molar-refractivity contribution in [3.63, 3.8) is 0 Å². The van der Waals surface area contributed by atoms with Crippen molar-refractivity contribution in [2.24, 2.45) is 23.7 Å². The predicted octanol–water partition coefficient (Wildman–Crippen LogP) is 11.3. The lowest BCUT2D eigenvalue weighted by Crippen LogP contribution is -2.29. The third-order valence-corrected chi connectivity index (χ3v) is 16.1. The molecule has 0 fully saturated rings. The van der Waals surface area contributed by atoms with Crippen molar-refractivity contribution in [2.45, 2.75) is 91.2 Å². The minimum Gasteiger partial charge on any atom is -0.237 e. The highest BCUT2D eigenvalue weighted by molar-refractivity contribution is 8.30. The summed E-state index contributed by atoms with van der Waals surface area (Å²) in [7, 11) is 0. The topological polar surface area (TPSA) is 51.6 Å². The van der Waals surface area contributed by atoms with Crippen molar-refractivity contribution in [2.75, 3.05) is 0 Å². The highest BCUT2D eigenvalue weighted by atomic mass is 32.2. The molecule has 0 saturated heterocycles. The SMILES string of the molecule is C=CC1CC(C(C)C)C(C)c2cc3nc4c(nc3cc21)S/C(=C1/Sc2nc3cc5c(cc3nc2S1)C1C=CC5CC1C(C)C)S4. The summed E-state index contributed by atoms with van der Waals surface area (Å²) in [6.07, 6.45) is 9.42. The number of rotatable bonds is 3. The number of benzene rings is 2. The Bertz CT molecular complexity index is 2010. The number of allylic oxidation sites excluding steroid dienone is 3. The second kappa shape index (κ2) is 10.6. The van der Waals surface area contributed by atoms with E-state index in [-0.39, 0.29) is 0 Å². The van der Waals surface area contributed by atoms with Crippen LogP contribution in [0.4, 0.5) is 0 Å². The van der Waals surface area contributed by atoms with Crippen molar-refractivity contribution in [1.29, 1.82) is 0 Å². The molecule has 6 atom stereocenters. The molecule has 4 heterocycles. The molecular formula is C37H36N4S4. The Hall–Kier alpha value is -2.26. The highest BCUT2D eigenvalue weighted by Gasteiger charge is 2.39. The van der Waals surface area contributed by atoms with Gasteiger partial charge < -0.3 is 0 Å². The molecule has 0 radical (unpaired) electrons. The average Bonchev–Trinajstić information content (AvgIpc) is 3.64. The molecule has 4 nitrogen and oxygen atoms in total. The summed E-state index contributed by atoms with van der Waals surface area (Å²) in [6.45, 7) is 16.0. The Morgan fingerprint density at radius 3 is 1.64 bits per heavy atom. The van der Waals surface area contributed by atoms with Gasteiger partial charge in [0.2, 0.25) is 0 Å². The van der Waals surface area contributed by atoms with Gasteiger partial charge in [-0.05, 0) is 89.0 Å². The van der Waals surface area contributed by atoms with Crippen LogP contribution in [-0.4, -0.2) is 19.9 Å². The third-order valence-electron chi connectivity index (χ3n) is 10.9. The molecule has 2 aliphatic heterocycles. The molecule has 2 bridgehead atoms. The van der Waals surface area contributed by atoms with E-state index in [2.05, 4.69) is 83.7 Å². The first-order valence-corrected chi connectivity index (χ1v) is 19.5. The van der Waals surface area contributed by atoms with Gasteiger partial charge in [0.15, 0.2) is 0 Å². The number of aromatic nitrogens is 4. The Morgan fingerprint density at radius 1 is 0.644 bits per heavy atom. The summed E-state index contributed by atoms with van der Waals surface area (Å²) in [4.78, 5) is 20.7. The second-order valence-electron chi connectivity index (χ2n) is 14.0. The summed E-state index contributed by atoms with van der Waals surface area (Å²) < 4.78 is 2.48. The van der Waals surface area contributed by atoms with Crippen molar-refractivity contribution in [3.8, 4) is 0 Å². The first-order chi connectivity index (χ1) is 21.7. The fraction of sp³-hybridized carbons (Fsp3) is 0.405. The molecule has 2 aromatic carbocycles. The summed E-state index contributed by atoms with van der Waals surface area (Å²) in [5.41, 5.74) is 9.79. The lowest BCUT2D eigenvalue weighted by molar-refractivity contribution is 0.283.